The fraction of sp³-hybridized carbons (Fsp3) is 0.923. The van der Waals surface area contributed by atoms with Gasteiger partial charge < -0.3 is 109 Å². The SMILES string of the molecule is CO[C@H](C[C@@H](C)CO[C@@H]1O[C@H](CO)[C@@H](O)[C@H](O)[C@H]1O)C1=C(C)[C@H]2[C@H](C[C@H]3[C@@H]4CC=C5C[C@@H](O[C@@H]6O[C@H](CO)[C@@H](O[C@@H]7O[C@@H](C)[C@H](O)[C@@H](O)[C@H]7O)[C@H](O)[C@H]6O[C@@H]6O[C@@H](C)[C@H](O)[C@@H](O)[C@H]6O)CC[C@]5(C)[C@H]4CC[C@@]32C)O1. The Kier molecular flexibility index (Phi) is 17.4. The average Bonchev–Trinajstić information content (AvgIpc) is 3.88. The number of aliphatic hydroxyl groups is 12. The van der Waals surface area contributed by atoms with Crippen LogP contribution in [-0.4, -0.2) is 229 Å². The summed E-state index contributed by atoms with van der Waals surface area (Å²) in [6, 6.07) is 0. The molecule has 4 aliphatic carbocycles. The lowest BCUT2D eigenvalue weighted by molar-refractivity contribution is -0.388. The fourth-order valence-corrected chi connectivity index (χ4v) is 14.8. The van der Waals surface area contributed by atoms with Crippen LogP contribution in [0.4, 0.5) is 0 Å². The van der Waals surface area contributed by atoms with E-state index in [9.17, 15) is 61.3 Å². The van der Waals surface area contributed by atoms with Gasteiger partial charge in [0.1, 0.15) is 103 Å². The number of rotatable bonds is 15. The number of fused-ring (bicyclic) bond motifs is 7. The van der Waals surface area contributed by atoms with Crippen LogP contribution in [0.3, 0.4) is 0 Å². The van der Waals surface area contributed by atoms with Crippen molar-refractivity contribution in [2.24, 2.45) is 40.4 Å². The number of allylic oxidation sites excluding steroid dienone is 1. The van der Waals surface area contributed by atoms with E-state index in [4.69, 9.17) is 47.4 Å². The van der Waals surface area contributed by atoms with E-state index in [1.54, 1.807) is 7.11 Å². The van der Waals surface area contributed by atoms with Crippen molar-refractivity contribution < 1.29 is 109 Å². The molecule has 4 saturated heterocycles. The zero-order chi connectivity index (χ0) is 53.5. The van der Waals surface area contributed by atoms with E-state index in [1.165, 1.54) is 25.0 Å². The molecular formula is C52H84O22. The molecule has 5 heterocycles. The quantitative estimate of drug-likeness (QED) is 0.0839. The predicted octanol–water partition coefficient (Wildman–Crippen LogP) is -1.41. The van der Waals surface area contributed by atoms with Crippen molar-refractivity contribution in [3.63, 3.8) is 0 Å². The third kappa shape index (κ3) is 10.2. The molecule has 9 aliphatic rings. The van der Waals surface area contributed by atoms with Gasteiger partial charge in [-0.3, -0.25) is 0 Å². The minimum Gasteiger partial charge on any atom is -0.491 e. The second-order valence-corrected chi connectivity index (χ2v) is 23.6. The summed E-state index contributed by atoms with van der Waals surface area (Å²) >= 11 is 0. The van der Waals surface area contributed by atoms with Gasteiger partial charge in [-0.2, -0.15) is 0 Å². The van der Waals surface area contributed by atoms with Crippen molar-refractivity contribution in [3.8, 4) is 0 Å². The highest BCUT2D eigenvalue weighted by atomic mass is 16.8. The van der Waals surface area contributed by atoms with E-state index in [-0.39, 0.29) is 41.5 Å². The predicted molar refractivity (Wildman–Crippen MR) is 254 cm³/mol. The van der Waals surface area contributed by atoms with E-state index in [0.717, 1.165) is 37.9 Å². The molecule has 424 valence electrons. The molecule has 0 amide bonds. The molecule has 5 aliphatic heterocycles. The molecule has 30 atom stereocenters. The molecule has 0 bridgehead atoms. The smallest absolute Gasteiger partial charge is 0.187 e. The maximum Gasteiger partial charge on any atom is 0.187 e. The minimum atomic E-state index is -1.74. The normalized spacial score (nSPS) is 52.3. The van der Waals surface area contributed by atoms with E-state index < -0.39 is 142 Å². The first kappa shape index (κ1) is 57.1. The summed E-state index contributed by atoms with van der Waals surface area (Å²) in [5.74, 6) is 2.26. The molecule has 22 heteroatoms. The zero-order valence-electron chi connectivity index (χ0n) is 43.5. The minimum absolute atomic E-state index is 0.00312. The highest BCUT2D eigenvalue weighted by molar-refractivity contribution is 5.31. The number of methoxy groups -OCH3 is 1. The first-order valence-electron chi connectivity index (χ1n) is 26.9. The van der Waals surface area contributed by atoms with Gasteiger partial charge in [0.15, 0.2) is 25.2 Å². The van der Waals surface area contributed by atoms with E-state index in [1.807, 2.05) is 6.92 Å². The molecule has 12 N–H and O–H groups in total. The second-order valence-electron chi connectivity index (χ2n) is 23.6. The van der Waals surface area contributed by atoms with Crippen LogP contribution in [0.2, 0.25) is 0 Å². The topological polar surface area (TPSA) is 335 Å². The van der Waals surface area contributed by atoms with E-state index >= 15 is 0 Å². The molecule has 22 nitrogen and oxygen atoms in total. The van der Waals surface area contributed by atoms with E-state index in [0.29, 0.717) is 37.0 Å². The molecule has 9 rings (SSSR count). The Bertz CT molecular complexity index is 1980. The standard InChI is InChI=1S/C52H84O22/c1-20(19-66-47-40(61)39(60)36(57)31(17-53)71-47)14-30(65-7)44-21(2)33-29(70-44)16-28-26-9-8-24-15-25(10-12-51(24,5)27(26)11-13-52(28,33)6)69-50-46(74-49-42(63)38(59)35(56)23(4)68-49)43(64)45(32(18-54)72-50)73-48-41(62)37(58)34(55)22(3)67-48/h8,20,22-23,25-43,45-50,53-64H,9-19H2,1-7H3/t20-,22+,23+,25+,26-,27+,28+,29+,30-,31-,32-,33+,34+,35+,36-,37-,38-,39+,40-,41-,42-,43+,45-,46-,47-,48+,49+,50-,51+,52+/m1/s1. The third-order valence-corrected chi connectivity index (χ3v) is 19.1. The number of hydrogen-bond donors (Lipinski definition) is 12. The number of hydrogen-bond acceptors (Lipinski definition) is 22. The fourth-order valence-electron chi connectivity index (χ4n) is 14.8. The first-order chi connectivity index (χ1) is 35.1. The van der Waals surface area contributed by atoms with Gasteiger partial charge in [-0.1, -0.05) is 32.4 Å². The lowest BCUT2D eigenvalue weighted by Gasteiger charge is -2.58. The Balaban J connectivity index is 0.865. The summed E-state index contributed by atoms with van der Waals surface area (Å²) < 4.78 is 61.1. The van der Waals surface area contributed by atoms with Crippen LogP contribution in [0, 0.1) is 40.4 Å². The molecule has 7 fully saturated rings. The largest absolute Gasteiger partial charge is 0.491 e. The van der Waals surface area contributed by atoms with Gasteiger partial charge in [-0.25, -0.2) is 0 Å². The molecule has 0 spiro atoms. The Labute approximate surface area is 432 Å². The van der Waals surface area contributed by atoms with Gasteiger partial charge in [0, 0.05) is 13.0 Å². The lowest BCUT2D eigenvalue weighted by atomic mass is 9.47. The summed E-state index contributed by atoms with van der Waals surface area (Å²) in [4.78, 5) is 0. The molecule has 0 unspecified atom stereocenters. The van der Waals surface area contributed by atoms with Crippen LogP contribution in [-0.2, 0) is 47.4 Å². The molecule has 0 aromatic heterocycles. The summed E-state index contributed by atoms with van der Waals surface area (Å²) in [7, 11) is 1.67. The summed E-state index contributed by atoms with van der Waals surface area (Å²) in [5.41, 5.74) is 2.37. The maximum absolute atomic E-state index is 12.1. The van der Waals surface area contributed by atoms with Crippen LogP contribution in [0.15, 0.2) is 23.0 Å². The summed E-state index contributed by atoms with van der Waals surface area (Å²) in [5, 5.41) is 127. The molecule has 74 heavy (non-hydrogen) atoms. The van der Waals surface area contributed by atoms with Gasteiger partial charge in [0.25, 0.3) is 0 Å². The molecule has 0 aromatic carbocycles. The van der Waals surface area contributed by atoms with E-state index in [2.05, 4.69) is 26.8 Å². The van der Waals surface area contributed by atoms with Crippen molar-refractivity contribution in [3.05, 3.63) is 23.0 Å². The average molecular weight is 1060 g/mol. The monoisotopic (exact) mass is 1060 g/mol. The summed E-state index contributed by atoms with van der Waals surface area (Å²) in [6.45, 7) is 10.9. The molecule has 0 aromatic rings. The Morgan fingerprint density at radius 2 is 1.26 bits per heavy atom. The zero-order valence-corrected chi connectivity index (χ0v) is 43.5. The van der Waals surface area contributed by atoms with Crippen molar-refractivity contribution in [2.75, 3.05) is 26.9 Å². The van der Waals surface area contributed by atoms with Gasteiger partial charge in [0.05, 0.1) is 38.1 Å². The molecule has 3 saturated carbocycles. The number of aliphatic hydroxyl groups excluding tert-OH is 12. The van der Waals surface area contributed by atoms with Crippen molar-refractivity contribution in [1.29, 1.82) is 0 Å². The lowest BCUT2D eigenvalue weighted by Crippen LogP contribution is -2.66. The Morgan fingerprint density at radius 1 is 0.662 bits per heavy atom. The van der Waals surface area contributed by atoms with Crippen LogP contribution in [0.5, 0.6) is 0 Å². The first-order valence-corrected chi connectivity index (χ1v) is 26.9. The van der Waals surface area contributed by atoms with Gasteiger partial charge in [0.2, 0.25) is 0 Å². The van der Waals surface area contributed by atoms with Gasteiger partial charge in [-0.15, -0.1) is 0 Å². The van der Waals surface area contributed by atoms with Crippen molar-refractivity contribution in [2.45, 2.75) is 234 Å². The second kappa shape index (κ2) is 22.5. The van der Waals surface area contributed by atoms with Gasteiger partial charge >= 0.3 is 0 Å². The molecule has 0 radical (unpaired) electrons. The van der Waals surface area contributed by atoms with Crippen molar-refractivity contribution in [1.82, 2.24) is 0 Å². The Morgan fingerprint density at radius 3 is 1.88 bits per heavy atom. The van der Waals surface area contributed by atoms with Crippen molar-refractivity contribution >= 4 is 0 Å². The highest BCUT2D eigenvalue weighted by Gasteiger charge is 2.64. The summed E-state index contributed by atoms with van der Waals surface area (Å²) in [6.07, 6.45) is -20.7. The third-order valence-electron chi connectivity index (χ3n) is 19.1. The van der Waals surface area contributed by atoms with Crippen LogP contribution in [0.25, 0.3) is 0 Å². The maximum atomic E-state index is 12.1. The van der Waals surface area contributed by atoms with Crippen LogP contribution >= 0.6 is 0 Å². The molecular weight excluding hydrogens is 977 g/mol. The van der Waals surface area contributed by atoms with Gasteiger partial charge in [-0.05, 0) is 112 Å². The van der Waals surface area contributed by atoms with Crippen LogP contribution < -0.4 is 0 Å². The Hall–Kier alpha value is -1.56. The number of ether oxygens (including phenoxy) is 10. The van der Waals surface area contributed by atoms with Crippen LogP contribution in [0.1, 0.15) is 92.9 Å². The highest BCUT2D eigenvalue weighted by Crippen LogP contribution is 2.69.